The highest BCUT2D eigenvalue weighted by Gasteiger charge is 2.37. The van der Waals surface area contributed by atoms with Gasteiger partial charge in [-0.2, -0.15) is 0 Å². The molecule has 1 fully saturated rings. The normalized spacial score (nSPS) is 20.0. The predicted molar refractivity (Wildman–Crippen MR) is 142 cm³/mol. The molecule has 0 spiro atoms. The Balaban J connectivity index is 1.91. The highest BCUT2D eigenvalue weighted by atomic mass is 35.5. The number of hydrogen-bond donors (Lipinski definition) is 2. The third kappa shape index (κ3) is 4.65. The van der Waals surface area contributed by atoms with Crippen LogP contribution in [0.25, 0.3) is 5.52 Å². The lowest BCUT2D eigenvalue weighted by molar-refractivity contribution is 0.0991. The molecule has 4 rings (SSSR count). The molecule has 0 saturated heterocycles. The highest BCUT2D eigenvalue weighted by molar-refractivity contribution is 6.31. The molecule has 0 bridgehead atoms. The van der Waals surface area contributed by atoms with Gasteiger partial charge >= 0.3 is 0 Å². The number of hydrogen-bond acceptors (Lipinski definition) is 6. The second-order valence-corrected chi connectivity index (χ2v) is 12.4. The Bertz CT molecular complexity index is 1360. The molecule has 0 radical (unpaired) electrons. The van der Waals surface area contributed by atoms with Crippen molar-refractivity contribution in [2.45, 2.75) is 64.2 Å². The van der Waals surface area contributed by atoms with Crippen molar-refractivity contribution in [1.82, 2.24) is 14.4 Å². The molecule has 192 valence electrons. The van der Waals surface area contributed by atoms with Crippen LogP contribution >= 0.6 is 11.6 Å². The molecular weight excluding hydrogens is 501 g/mol. The van der Waals surface area contributed by atoms with Gasteiger partial charge in [0.05, 0.1) is 22.9 Å². The van der Waals surface area contributed by atoms with Gasteiger partial charge in [-0.05, 0) is 39.7 Å². The number of aliphatic hydroxyl groups excluding tert-OH is 1. The maximum Gasteiger partial charge on any atom is 0.283 e. The summed E-state index contributed by atoms with van der Waals surface area (Å²) < 4.78 is 23.4. The van der Waals surface area contributed by atoms with Gasteiger partial charge in [-0.1, -0.05) is 24.9 Å². The van der Waals surface area contributed by atoms with Crippen molar-refractivity contribution in [2.24, 2.45) is 10.9 Å². The molecule has 0 aliphatic heterocycles. The summed E-state index contributed by atoms with van der Waals surface area (Å²) in [4.78, 5) is 26.2. The summed E-state index contributed by atoms with van der Waals surface area (Å²) in [6.07, 6.45) is 6.09. The lowest BCUT2D eigenvalue weighted by Crippen LogP contribution is -2.29. The van der Waals surface area contributed by atoms with Gasteiger partial charge in [-0.25, -0.2) is 19.4 Å². The number of ether oxygens (including phenoxy) is 1. The Hall–Kier alpha value is -2.82. The maximum absolute atomic E-state index is 15.4. The largest absolute Gasteiger partial charge is 0.490 e. The highest BCUT2D eigenvalue weighted by Crippen LogP contribution is 2.42. The number of benzene rings is 1. The average molecular weight is 532 g/mol. The summed E-state index contributed by atoms with van der Waals surface area (Å²) in [7, 11) is 0.510. The number of nitrogens with zero attached hydrogens (tertiary/aromatic N) is 4. The number of carbonyl (C=O) groups excluding carboxylic acids is 1. The Labute approximate surface area is 217 Å². The van der Waals surface area contributed by atoms with E-state index in [1.807, 2.05) is 18.2 Å². The second-order valence-electron chi connectivity index (χ2n) is 10.0. The Morgan fingerprint density at radius 1 is 1.47 bits per heavy atom. The van der Waals surface area contributed by atoms with Crippen molar-refractivity contribution < 1.29 is 19.0 Å². The van der Waals surface area contributed by atoms with Crippen LogP contribution in [0.1, 0.15) is 67.5 Å². The van der Waals surface area contributed by atoms with E-state index in [0.29, 0.717) is 45.1 Å². The van der Waals surface area contributed by atoms with Crippen LogP contribution in [0.15, 0.2) is 23.5 Å². The third-order valence-electron chi connectivity index (χ3n) is 6.64. The number of rotatable bonds is 6. The lowest BCUT2D eigenvalue weighted by atomic mass is 9.94. The van der Waals surface area contributed by atoms with Crippen LogP contribution in [-0.4, -0.2) is 54.0 Å². The molecule has 1 aliphatic carbocycles. The van der Waals surface area contributed by atoms with E-state index in [1.165, 1.54) is 12.3 Å². The number of anilines is 1. The number of nitrogens with two attached hydrogens (primary N) is 1. The van der Waals surface area contributed by atoms with Crippen LogP contribution in [-0.2, 0) is 5.04 Å². The molecule has 1 aliphatic rings. The van der Waals surface area contributed by atoms with Crippen LogP contribution < -0.4 is 10.5 Å². The number of aliphatic imine (C=N–C) groups is 1. The Morgan fingerprint density at radius 2 is 2.19 bits per heavy atom. The zero-order chi connectivity index (χ0) is 26.4. The molecule has 1 amide bonds. The first-order valence-electron chi connectivity index (χ1n) is 12.0. The van der Waals surface area contributed by atoms with Crippen LogP contribution in [0, 0.1) is 18.7 Å². The van der Waals surface area contributed by atoms with Gasteiger partial charge in [0.1, 0.15) is 28.5 Å². The Kier molecular flexibility index (Phi) is 7.23. The average Bonchev–Trinajstić information content (AvgIpc) is 3.37. The first-order chi connectivity index (χ1) is 16.9. The minimum atomic E-state index is -0.889. The number of carbonyl (C=O) groups is 1. The van der Waals surface area contributed by atoms with Crippen molar-refractivity contribution in [3.05, 3.63) is 51.9 Å². The number of fused-ring (bicyclic) bond motifs is 1. The monoisotopic (exact) mass is 531 g/mol. The van der Waals surface area contributed by atoms with E-state index in [0.717, 1.165) is 12.8 Å². The van der Waals surface area contributed by atoms with Crippen LogP contribution in [0.5, 0.6) is 5.75 Å². The SMILES string of the molecule is Cc1nc([C@@](C)([SiH3])c2cc(Cl)c(F)c(C(=O)/N=C\C3CCC[C@H]3O)c2OC(C)C)n2ccnc(N)c12. The van der Waals surface area contributed by atoms with Crippen LogP contribution in [0.3, 0.4) is 0 Å². The topological polar surface area (TPSA) is 115 Å². The quantitative estimate of drug-likeness (QED) is 0.373. The molecule has 3 N–H and O–H groups in total. The number of amides is 1. The fraction of sp³-hybridized carbons (Fsp3) is 0.440. The number of aryl methyl sites for hydroxylation is 1. The molecule has 11 heteroatoms. The summed E-state index contributed by atoms with van der Waals surface area (Å²) >= 11 is 6.35. The molecule has 2 heterocycles. The summed E-state index contributed by atoms with van der Waals surface area (Å²) in [5.74, 6) is -0.840. The second kappa shape index (κ2) is 9.91. The van der Waals surface area contributed by atoms with E-state index in [4.69, 9.17) is 27.1 Å². The van der Waals surface area contributed by atoms with Gasteiger partial charge in [-0.3, -0.25) is 9.20 Å². The molecular formula is C25H31ClFN5O3Si. The van der Waals surface area contributed by atoms with E-state index < -0.39 is 22.9 Å². The van der Waals surface area contributed by atoms with Crippen molar-refractivity contribution in [2.75, 3.05) is 5.73 Å². The van der Waals surface area contributed by atoms with E-state index in [2.05, 4.69) is 9.98 Å². The summed E-state index contributed by atoms with van der Waals surface area (Å²) in [6, 6.07) is 1.50. The molecule has 1 saturated carbocycles. The van der Waals surface area contributed by atoms with E-state index in [9.17, 15) is 9.90 Å². The smallest absolute Gasteiger partial charge is 0.283 e. The Morgan fingerprint density at radius 3 is 2.83 bits per heavy atom. The molecule has 3 aromatic rings. The third-order valence-corrected chi connectivity index (χ3v) is 7.90. The number of halogens is 2. The van der Waals surface area contributed by atoms with Gasteiger partial charge in [0.15, 0.2) is 5.82 Å². The minimum Gasteiger partial charge on any atom is -0.490 e. The number of aromatic nitrogens is 3. The zero-order valence-electron chi connectivity index (χ0n) is 21.0. The zero-order valence-corrected chi connectivity index (χ0v) is 23.8. The van der Waals surface area contributed by atoms with Crippen molar-refractivity contribution in [3.63, 3.8) is 0 Å². The fourth-order valence-corrected chi connectivity index (χ4v) is 5.72. The lowest BCUT2D eigenvalue weighted by Gasteiger charge is -2.29. The molecule has 3 atom stereocenters. The van der Waals surface area contributed by atoms with E-state index in [-0.39, 0.29) is 28.4 Å². The first-order valence-corrected chi connectivity index (χ1v) is 13.4. The number of imidazole rings is 1. The van der Waals surface area contributed by atoms with Gasteiger partial charge in [0.2, 0.25) is 0 Å². The first kappa shape index (κ1) is 26.2. The van der Waals surface area contributed by atoms with Crippen molar-refractivity contribution >= 4 is 45.3 Å². The summed E-state index contributed by atoms with van der Waals surface area (Å²) in [5.41, 5.74) is 7.72. The van der Waals surface area contributed by atoms with Crippen LogP contribution in [0.4, 0.5) is 10.2 Å². The van der Waals surface area contributed by atoms with Gasteiger partial charge < -0.3 is 15.6 Å². The van der Waals surface area contributed by atoms with Crippen LogP contribution in [0.2, 0.25) is 5.02 Å². The molecule has 1 aromatic carbocycles. The maximum atomic E-state index is 15.4. The number of nitrogen functional groups attached to an aromatic ring is 1. The van der Waals surface area contributed by atoms with E-state index >= 15 is 4.39 Å². The molecule has 36 heavy (non-hydrogen) atoms. The number of aliphatic hydroxyl groups is 1. The molecule has 2 aromatic heterocycles. The molecule has 8 nitrogen and oxygen atoms in total. The van der Waals surface area contributed by atoms with Gasteiger partial charge in [-0.15, -0.1) is 0 Å². The minimum absolute atomic E-state index is 0.0925. The van der Waals surface area contributed by atoms with Crippen molar-refractivity contribution in [3.8, 4) is 5.75 Å². The predicted octanol–water partition coefficient (Wildman–Crippen LogP) is 3.20. The fourth-order valence-electron chi connectivity index (χ4n) is 4.80. The van der Waals surface area contributed by atoms with Gasteiger partial charge in [0.25, 0.3) is 5.91 Å². The standard InChI is InChI=1S/C25H31ClFN5O3Si/c1-12(2)35-21-15(25(4,36)24-31-13(3)20-22(28)29-8-9-32(20)24)10-16(26)19(27)18(21)23(34)30-11-14-6-5-7-17(14)33/h8-12,14,17,33H,5-7H2,1-4,36H3,(H2,28,29)/b30-11-/t14?,17-,25+/m1/s1. The van der Waals surface area contributed by atoms with E-state index in [1.54, 1.807) is 26.2 Å². The van der Waals surface area contributed by atoms with Gasteiger partial charge in [0, 0.05) is 45.4 Å². The summed E-state index contributed by atoms with van der Waals surface area (Å²) in [6.45, 7) is 7.40. The summed E-state index contributed by atoms with van der Waals surface area (Å²) in [5, 5.41) is 9.13. The van der Waals surface area contributed by atoms with Crippen molar-refractivity contribution in [1.29, 1.82) is 0 Å². The molecule has 1 unspecified atom stereocenters.